The molecule has 2 saturated heterocycles. The number of ether oxygens (including phenoxy) is 2. The Labute approximate surface area is 138 Å². The molecule has 0 radical (unpaired) electrons. The highest BCUT2D eigenvalue weighted by Gasteiger charge is 2.25. The van der Waals surface area contributed by atoms with E-state index in [-0.39, 0.29) is 5.82 Å². The van der Waals surface area contributed by atoms with Gasteiger partial charge in [-0.2, -0.15) is 0 Å². The van der Waals surface area contributed by atoms with E-state index in [4.69, 9.17) is 9.47 Å². The maximum absolute atomic E-state index is 14.0. The Hall–Kier alpha value is -1.17. The molecule has 0 saturated carbocycles. The molecule has 2 aliphatic rings. The Morgan fingerprint density at radius 1 is 1.22 bits per heavy atom. The first-order chi connectivity index (χ1) is 11.3. The van der Waals surface area contributed by atoms with E-state index in [1.165, 1.54) is 12.5 Å². The topological polar surface area (TPSA) is 24.9 Å². The molecule has 23 heavy (non-hydrogen) atoms. The average molecular weight is 322 g/mol. The van der Waals surface area contributed by atoms with Crippen molar-refractivity contribution >= 4 is 0 Å². The van der Waals surface area contributed by atoms with Gasteiger partial charge < -0.3 is 9.47 Å². The predicted molar refractivity (Wildman–Crippen MR) is 88.4 cm³/mol. The molecule has 1 aromatic rings. The molecule has 0 bridgehead atoms. The summed E-state index contributed by atoms with van der Waals surface area (Å²) >= 11 is 0. The van der Waals surface area contributed by atoms with Gasteiger partial charge in [-0.15, -0.1) is 0 Å². The lowest BCUT2D eigenvalue weighted by molar-refractivity contribution is 0.0322. The van der Waals surface area contributed by atoms with Crippen LogP contribution in [0.5, 0.6) is 5.75 Å². The molecule has 1 atom stereocenters. The van der Waals surface area contributed by atoms with E-state index < -0.39 is 0 Å². The number of nitrogens with zero attached hydrogens (tertiary/aromatic N) is 2. The smallest absolute Gasteiger partial charge is 0.127 e. The van der Waals surface area contributed by atoms with Gasteiger partial charge in [0.1, 0.15) is 18.2 Å². The first-order valence-corrected chi connectivity index (χ1v) is 8.73. The van der Waals surface area contributed by atoms with Crippen LogP contribution in [-0.4, -0.2) is 62.3 Å². The van der Waals surface area contributed by atoms with Crippen LogP contribution in [0.2, 0.25) is 0 Å². The van der Waals surface area contributed by atoms with Crippen LogP contribution in [0.1, 0.15) is 31.4 Å². The maximum atomic E-state index is 14.0. The number of likely N-dealkylation sites (tertiary alicyclic amines) is 1. The summed E-state index contributed by atoms with van der Waals surface area (Å²) in [5, 5.41) is 0. The molecule has 0 spiro atoms. The summed E-state index contributed by atoms with van der Waals surface area (Å²) in [6, 6.07) is 5.50. The Morgan fingerprint density at radius 3 is 2.83 bits per heavy atom. The van der Waals surface area contributed by atoms with Crippen LogP contribution in [-0.2, 0) is 4.74 Å². The van der Waals surface area contributed by atoms with Gasteiger partial charge in [-0.05, 0) is 43.6 Å². The molecule has 2 aliphatic heterocycles. The minimum absolute atomic E-state index is 0.202. The minimum Gasteiger partial charge on any atom is -0.492 e. The van der Waals surface area contributed by atoms with Gasteiger partial charge in [-0.3, -0.25) is 9.80 Å². The normalized spacial score (nSPS) is 23.3. The van der Waals surface area contributed by atoms with Gasteiger partial charge in [0.15, 0.2) is 0 Å². The number of benzene rings is 1. The second-order valence-electron chi connectivity index (χ2n) is 6.31. The third-order valence-corrected chi connectivity index (χ3v) is 4.83. The van der Waals surface area contributed by atoms with Gasteiger partial charge in [0.05, 0.1) is 13.2 Å². The molecule has 1 aromatic carbocycles. The summed E-state index contributed by atoms with van der Waals surface area (Å²) in [6.07, 6.45) is 2.28. The van der Waals surface area contributed by atoms with Crippen molar-refractivity contribution in [2.75, 3.05) is 52.5 Å². The fraction of sp³-hybridized carbons (Fsp3) is 0.667. The molecule has 0 aromatic heterocycles. The standard InChI is InChI=1S/C18H27FN2O2/c1-2-21-5-3-4-18(21)15-12-16(19)14-17(13-15)23-11-8-20-6-9-22-10-7-20/h12-14,18H,2-11H2,1H3. The van der Waals surface area contributed by atoms with Crippen LogP contribution in [0, 0.1) is 5.82 Å². The number of hydrogen-bond acceptors (Lipinski definition) is 4. The summed E-state index contributed by atoms with van der Waals surface area (Å²) in [5.41, 5.74) is 1.05. The number of rotatable bonds is 6. The molecule has 0 amide bonds. The van der Waals surface area contributed by atoms with Gasteiger partial charge >= 0.3 is 0 Å². The SMILES string of the molecule is CCN1CCCC1c1cc(F)cc(OCCN2CCOCC2)c1. The average Bonchev–Trinajstić information content (AvgIpc) is 3.04. The van der Waals surface area contributed by atoms with Crippen LogP contribution in [0.3, 0.4) is 0 Å². The van der Waals surface area contributed by atoms with E-state index in [0.29, 0.717) is 18.4 Å². The Bertz CT molecular complexity index is 506. The zero-order valence-electron chi connectivity index (χ0n) is 14.0. The molecule has 0 N–H and O–H groups in total. The molecule has 5 heteroatoms. The largest absolute Gasteiger partial charge is 0.492 e. The van der Waals surface area contributed by atoms with Crippen LogP contribution in [0.15, 0.2) is 18.2 Å². The van der Waals surface area contributed by atoms with Gasteiger partial charge in [-0.25, -0.2) is 4.39 Å². The van der Waals surface area contributed by atoms with Crippen molar-refractivity contribution in [1.82, 2.24) is 9.80 Å². The van der Waals surface area contributed by atoms with E-state index in [1.54, 1.807) is 6.07 Å². The predicted octanol–water partition coefficient (Wildman–Crippen LogP) is 2.69. The van der Waals surface area contributed by atoms with Gasteiger partial charge in [0.25, 0.3) is 0 Å². The monoisotopic (exact) mass is 322 g/mol. The molecule has 2 fully saturated rings. The van der Waals surface area contributed by atoms with Crippen LogP contribution >= 0.6 is 0 Å². The number of halogens is 1. The quantitative estimate of drug-likeness (QED) is 0.804. The second kappa shape index (κ2) is 8.08. The van der Waals surface area contributed by atoms with Crippen molar-refractivity contribution in [2.24, 2.45) is 0 Å². The van der Waals surface area contributed by atoms with E-state index in [0.717, 1.165) is 57.9 Å². The number of hydrogen-bond donors (Lipinski definition) is 0. The van der Waals surface area contributed by atoms with E-state index >= 15 is 0 Å². The summed E-state index contributed by atoms with van der Waals surface area (Å²) in [6.45, 7) is 9.20. The zero-order valence-corrected chi connectivity index (χ0v) is 14.0. The molecule has 2 heterocycles. The molecule has 1 unspecified atom stereocenters. The summed E-state index contributed by atoms with van der Waals surface area (Å²) in [5.74, 6) is 0.447. The van der Waals surface area contributed by atoms with Crippen molar-refractivity contribution in [1.29, 1.82) is 0 Å². The maximum Gasteiger partial charge on any atom is 0.127 e. The Kier molecular flexibility index (Phi) is 5.86. The van der Waals surface area contributed by atoms with Crippen molar-refractivity contribution in [3.05, 3.63) is 29.6 Å². The van der Waals surface area contributed by atoms with Gasteiger partial charge in [-0.1, -0.05) is 6.92 Å². The van der Waals surface area contributed by atoms with Crippen LogP contribution < -0.4 is 4.74 Å². The van der Waals surface area contributed by atoms with Gasteiger partial charge in [0.2, 0.25) is 0 Å². The van der Waals surface area contributed by atoms with Crippen LogP contribution in [0.4, 0.5) is 4.39 Å². The molecular weight excluding hydrogens is 295 g/mol. The number of morpholine rings is 1. The fourth-order valence-electron chi connectivity index (χ4n) is 3.56. The highest BCUT2D eigenvalue weighted by Crippen LogP contribution is 2.33. The van der Waals surface area contributed by atoms with Crippen molar-refractivity contribution in [2.45, 2.75) is 25.8 Å². The van der Waals surface area contributed by atoms with Crippen molar-refractivity contribution in [3.63, 3.8) is 0 Å². The Morgan fingerprint density at radius 2 is 2.04 bits per heavy atom. The zero-order chi connectivity index (χ0) is 16.1. The third-order valence-electron chi connectivity index (χ3n) is 4.83. The summed E-state index contributed by atoms with van der Waals surface area (Å²) in [7, 11) is 0. The molecular formula is C18H27FN2O2. The highest BCUT2D eigenvalue weighted by molar-refractivity contribution is 5.32. The first-order valence-electron chi connectivity index (χ1n) is 8.73. The summed E-state index contributed by atoms with van der Waals surface area (Å²) < 4.78 is 25.1. The minimum atomic E-state index is -0.202. The lowest BCUT2D eigenvalue weighted by Gasteiger charge is -2.26. The molecule has 4 nitrogen and oxygen atoms in total. The molecule has 0 aliphatic carbocycles. The highest BCUT2D eigenvalue weighted by atomic mass is 19.1. The Balaban J connectivity index is 1.58. The van der Waals surface area contributed by atoms with Gasteiger partial charge in [0, 0.05) is 31.7 Å². The first kappa shape index (κ1) is 16.7. The van der Waals surface area contributed by atoms with Crippen LogP contribution in [0.25, 0.3) is 0 Å². The van der Waals surface area contributed by atoms with E-state index in [1.807, 2.05) is 6.07 Å². The summed E-state index contributed by atoms with van der Waals surface area (Å²) in [4.78, 5) is 4.73. The third kappa shape index (κ3) is 4.43. The van der Waals surface area contributed by atoms with E-state index in [9.17, 15) is 4.39 Å². The van der Waals surface area contributed by atoms with Crippen molar-refractivity contribution in [3.8, 4) is 5.75 Å². The van der Waals surface area contributed by atoms with E-state index in [2.05, 4.69) is 16.7 Å². The fourth-order valence-corrected chi connectivity index (χ4v) is 3.56. The lowest BCUT2D eigenvalue weighted by atomic mass is 10.0. The lowest BCUT2D eigenvalue weighted by Crippen LogP contribution is -2.38. The molecule has 128 valence electrons. The second-order valence-corrected chi connectivity index (χ2v) is 6.31. The molecule has 3 rings (SSSR count). The van der Waals surface area contributed by atoms with Crippen molar-refractivity contribution < 1.29 is 13.9 Å².